The van der Waals surface area contributed by atoms with E-state index < -0.39 is 0 Å². The normalized spacial score (nSPS) is 62.3. The summed E-state index contributed by atoms with van der Waals surface area (Å²) < 4.78 is 0. The first kappa shape index (κ1) is 12.1. The Morgan fingerprint density at radius 2 is 1.35 bits per heavy atom. The van der Waals surface area contributed by atoms with Crippen LogP contribution in [0, 0.1) is 46.8 Å². The molecule has 3 fully saturated rings. The van der Waals surface area contributed by atoms with E-state index in [1.165, 1.54) is 25.7 Å². The second-order valence-electron chi connectivity index (χ2n) is 8.22. The second-order valence-corrected chi connectivity index (χ2v) is 8.22. The summed E-state index contributed by atoms with van der Waals surface area (Å²) in [6, 6.07) is 0. The van der Waals surface area contributed by atoms with Gasteiger partial charge >= 0.3 is 0 Å². The van der Waals surface area contributed by atoms with Gasteiger partial charge in [0.15, 0.2) is 0 Å². The fourth-order valence-electron chi connectivity index (χ4n) is 6.45. The molecule has 0 nitrogen and oxygen atoms in total. The molecule has 0 spiro atoms. The fraction of sp³-hybridized carbons (Fsp3) is 1.00. The summed E-state index contributed by atoms with van der Waals surface area (Å²) in [5.41, 5.74) is 0.718. The molecular formula is C17H30. The molecule has 0 saturated heterocycles. The molecule has 0 amide bonds. The minimum absolute atomic E-state index is 0.718. The van der Waals surface area contributed by atoms with Gasteiger partial charge in [0.2, 0.25) is 0 Å². The average Bonchev–Trinajstić information content (AvgIpc) is 2.20. The minimum Gasteiger partial charge on any atom is -0.0622 e. The van der Waals surface area contributed by atoms with E-state index in [0.29, 0.717) is 0 Å². The van der Waals surface area contributed by atoms with Crippen molar-refractivity contribution in [2.45, 2.75) is 60.3 Å². The lowest BCUT2D eigenvalue weighted by atomic mass is 9.39. The van der Waals surface area contributed by atoms with Crippen molar-refractivity contribution in [2.24, 2.45) is 46.8 Å². The van der Waals surface area contributed by atoms with Crippen LogP contribution >= 0.6 is 0 Å². The van der Waals surface area contributed by atoms with Crippen LogP contribution in [0.3, 0.4) is 0 Å². The highest BCUT2D eigenvalue weighted by Gasteiger charge is 2.60. The maximum Gasteiger partial charge on any atom is -0.0259 e. The lowest BCUT2D eigenvalue weighted by molar-refractivity contribution is -0.174. The Balaban J connectivity index is 1.86. The van der Waals surface area contributed by atoms with Crippen LogP contribution in [0.4, 0.5) is 0 Å². The Labute approximate surface area is 108 Å². The van der Waals surface area contributed by atoms with Crippen molar-refractivity contribution in [2.75, 3.05) is 0 Å². The summed E-state index contributed by atoms with van der Waals surface area (Å²) in [5.74, 6) is 7.11. The number of rotatable bonds is 0. The van der Waals surface area contributed by atoms with Crippen molar-refractivity contribution >= 4 is 0 Å². The molecule has 0 bridgehead atoms. The van der Waals surface area contributed by atoms with Gasteiger partial charge in [-0.05, 0) is 72.5 Å². The molecule has 3 rings (SSSR count). The maximum absolute atomic E-state index is 2.63. The first-order valence-corrected chi connectivity index (χ1v) is 7.93. The monoisotopic (exact) mass is 234 g/mol. The molecule has 0 aromatic carbocycles. The standard InChI is InChI=1S/C17H30/c1-10-6-14-7-12(3)16-13(4)9-17(16,5)15(14)8-11(10)2/h10-16H,6-9H2,1-5H3. The molecule has 3 saturated carbocycles. The van der Waals surface area contributed by atoms with E-state index in [-0.39, 0.29) is 0 Å². The summed E-state index contributed by atoms with van der Waals surface area (Å²) in [6.45, 7) is 12.7. The van der Waals surface area contributed by atoms with Gasteiger partial charge < -0.3 is 0 Å². The van der Waals surface area contributed by atoms with Crippen LogP contribution in [-0.2, 0) is 0 Å². The van der Waals surface area contributed by atoms with Crippen LogP contribution in [0.25, 0.3) is 0 Å². The summed E-state index contributed by atoms with van der Waals surface area (Å²) in [6.07, 6.45) is 6.10. The van der Waals surface area contributed by atoms with Crippen molar-refractivity contribution < 1.29 is 0 Å². The van der Waals surface area contributed by atoms with Gasteiger partial charge in [-0.25, -0.2) is 0 Å². The van der Waals surface area contributed by atoms with Crippen LogP contribution in [0.2, 0.25) is 0 Å². The van der Waals surface area contributed by atoms with Gasteiger partial charge in [0.05, 0.1) is 0 Å². The molecule has 0 aliphatic heterocycles. The van der Waals surface area contributed by atoms with Gasteiger partial charge in [-0.15, -0.1) is 0 Å². The van der Waals surface area contributed by atoms with E-state index in [0.717, 1.165) is 46.8 Å². The van der Waals surface area contributed by atoms with Gasteiger partial charge in [0, 0.05) is 0 Å². The van der Waals surface area contributed by atoms with Crippen molar-refractivity contribution in [1.82, 2.24) is 0 Å². The number of hydrogen-bond acceptors (Lipinski definition) is 0. The smallest absolute Gasteiger partial charge is 0.0259 e. The molecule has 0 heterocycles. The second kappa shape index (κ2) is 3.75. The van der Waals surface area contributed by atoms with E-state index in [1.54, 1.807) is 0 Å². The zero-order valence-corrected chi connectivity index (χ0v) is 12.4. The van der Waals surface area contributed by atoms with Gasteiger partial charge in [0.25, 0.3) is 0 Å². The zero-order valence-electron chi connectivity index (χ0n) is 12.4. The lowest BCUT2D eigenvalue weighted by Gasteiger charge is -2.66. The maximum atomic E-state index is 2.63. The van der Waals surface area contributed by atoms with Crippen molar-refractivity contribution in [3.63, 3.8) is 0 Å². The SMILES string of the molecule is CC1CC2CC(C)C3C(C)CC3(C)C2CC1C. The molecule has 8 unspecified atom stereocenters. The highest BCUT2D eigenvalue weighted by Crippen LogP contribution is 2.67. The molecule has 0 radical (unpaired) electrons. The lowest BCUT2D eigenvalue weighted by Crippen LogP contribution is -2.59. The molecule has 3 aliphatic carbocycles. The third kappa shape index (κ3) is 1.55. The zero-order chi connectivity index (χ0) is 12.4. The van der Waals surface area contributed by atoms with Crippen molar-refractivity contribution in [3.8, 4) is 0 Å². The Hall–Kier alpha value is 0. The highest BCUT2D eigenvalue weighted by molar-refractivity contribution is 5.09. The van der Waals surface area contributed by atoms with Crippen LogP contribution < -0.4 is 0 Å². The van der Waals surface area contributed by atoms with Gasteiger partial charge in [-0.3, -0.25) is 0 Å². The fourth-order valence-corrected chi connectivity index (χ4v) is 6.45. The minimum atomic E-state index is 0.718. The Morgan fingerprint density at radius 1 is 0.765 bits per heavy atom. The molecule has 0 N–H and O–H groups in total. The molecule has 8 atom stereocenters. The van der Waals surface area contributed by atoms with Crippen molar-refractivity contribution in [1.29, 1.82) is 0 Å². The van der Waals surface area contributed by atoms with Crippen molar-refractivity contribution in [3.05, 3.63) is 0 Å². The summed E-state index contributed by atoms with van der Waals surface area (Å²) in [4.78, 5) is 0. The number of hydrogen-bond donors (Lipinski definition) is 0. The first-order chi connectivity index (χ1) is 7.93. The van der Waals surface area contributed by atoms with E-state index in [4.69, 9.17) is 0 Å². The molecule has 98 valence electrons. The highest BCUT2D eigenvalue weighted by atomic mass is 14.6. The third-order valence-electron chi connectivity index (χ3n) is 7.11. The molecule has 3 aliphatic rings. The Kier molecular flexibility index (Phi) is 2.66. The predicted octanol–water partition coefficient (Wildman–Crippen LogP) is 4.99. The Bertz CT molecular complexity index is 307. The quantitative estimate of drug-likeness (QED) is 0.554. The largest absolute Gasteiger partial charge is 0.0622 e. The van der Waals surface area contributed by atoms with Gasteiger partial charge in [-0.1, -0.05) is 34.6 Å². The molecular weight excluding hydrogens is 204 g/mol. The molecule has 0 heteroatoms. The van der Waals surface area contributed by atoms with Crippen LogP contribution in [0.5, 0.6) is 0 Å². The van der Waals surface area contributed by atoms with E-state index in [9.17, 15) is 0 Å². The van der Waals surface area contributed by atoms with Crippen LogP contribution in [0.1, 0.15) is 60.3 Å². The van der Waals surface area contributed by atoms with Gasteiger partial charge in [-0.2, -0.15) is 0 Å². The van der Waals surface area contributed by atoms with Gasteiger partial charge in [0.1, 0.15) is 0 Å². The molecule has 0 aromatic rings. The summed E-state index contributed by atoms with van der Waals surface area (Å²) in [5, 5.41) is 0. The van der Waals surface area contributed by atoms with E-state index in [2.05, 4.69) is 34.6 Å². The third-order valence-corrected chi connectivity index (χ3v) is 7.11. The van der Waals surface area contributed by atoms with E-state index in [1.807, 2.05) is 0 Å². The van der Waals surface area contributed by atoms with E-state index >= 15 is 0 Å². The summed E-state index contributed by atoms with van der Waals surface area (Å²) >= 11 is 0. The number of fused-ring (bicyclic) bond motifs is 3. The average molecular weight is 234 g/mol. The Morgan fingerprint density at radius 3 is 2.00 bits per heavy atom. The van der Waals surface area contributed by atoms with Crippen LogP contribution in [-0.4, -0.2) is 0 Å². The topological polar surface area (TPSA) is 0 Å². The van der Waals surface area contributed by atoms with Crippen LogP contribution in [0.15, 0.2) is 0 Å². The summed E-state index contributed by atoms with van der Waals surface area (Å²) in [7, 11) is 0. The molecule has 17 heavy (non-hydrogen) atoms. The predicted molar refractivity (Wildman–Crippen MR) is 73.7 cm³/mol. The molecule has 0 aromatic heterocycles. The first-order valence-electron chi connectivity index (χ1n) is 7.93.